The molecule has 0 amide bonds. The van der Waals surface area contributed by atoms with Gasteiger partial charge in [0.05, 0.1) is 0 Å². The highest BCUT2D eigenvalue weighted by atomic mass is 16.5. The Morgan fingerprint density at radius 2 is 2.44 bits per heavy atom. The Bertz CT molecular complexity index is 396. The van der Waals surface area contributed by atoms with Crippen molar-refractivity contribution in [3.05, 3.63) is 11.7 Å². The minimum Gasteiger partial charge on any atom is -0.382 e. The van der Waals surface area contributed by atoms with Crippen LogP contribution >= 0.6 is 0 Å². The van der Waals surface area contributed by atoms with E-state index in [0.29, 0.717) is 11.7 Å². The number of aromatic nitrogens is 2. The first-order valence-corrected chi connectivity index (χ1v) is 6.38. The van der Waals surface area contributed by atoms with Crippen LogP contribution in [0.3, 0.4) is 0 Å². The van der Waals surface area contributed by atoms with Gasteiger partial charge in [-0.3, -0.25) is 0 Å². The van der Waals surface area contributed by atoms with E-state index < -0.39 is 11.7 Å². The highest BCUT2D eigenvalue weighted by Gasteiger charge is 2.41. The van der Waals surface area contributed by atoms with Crippen molar-refractivity contribution >= 4 is 0 Å². The van der Waals surface area contributed by atoms with E-state index in [1.165, 1.54) is 6.42 Å². The Balaban J connectivity index is 2.24. The standard InChI is InChI=1S/C12H21N3O3/c1-8-4-3-5-12(6-8,17-2)11-14-10(18-15-11)9(16)7-13/h8-9,16H,3-7,13H2,1-2H3/t8?,9-,12?/m0/s1. The maximum atomic E-state index is 9.59. The van der Waals surface area contributed by atoms with Gasteiger partial charge in [-0.2, -0.15) is 4.98 Å². The zero-order valence-electron chi connectivity index (χ0n) is 10.9. The Labute approximate surface area is 107 Å². The van der Waals surface area contributed by atoms with Gasteiger partial charge >= 0.3 is 0 Å². The summed E-state index contributed by atoms with van der Waals surface area (Å²) in [6.07, 6.45) is 3.13. The Hall–Kier alpha value is -0.980. The first kappa shape index (κ1) is 13.5. The lowest BCUT2D eigenvalue weighted by atomic mass is 9.78. The van der Waals surface area contributed by atoms with Gasteiger partial charge in [-0.25, -0.2) is 0 Å². The molecule has 102 valence electrons. The molecule has 1 aliphatic rings. The van der Waals surface area contributed by atoms with Gasteiger partial charge in [0.1, 0.15) is 11.7 Å². The van der Waals surface area contributed by atoms with E-state index in [-0.39, 0.29) is 12.4 Å². The molecule has 1 heterocycles. The third-order valence-corrected chi connectivity index (χ3v) is 3.70. The molecule has 18 heavy (non-hydrogen) atoms. The lowest BCUT2D eigenvalue weighted by molar-refractivity contribution is -0.0658. The van der Waals surface area contributed by atoms with E-state index in [0.717, 1.165) is 19.3 Å². The second kappa shape index (κ2) is 5.34. The van der Waals surface area contributed by atoms with Crippen molar-refractivity contribution < 1.29 is 14.4 Å². The van der Waals surface area contributed by atoms with Crippen molar-refractivity contribution in [2.24, 2.45) is 11.7 Å². The van der Waals surface area contributed by atoms with Crippen molar-refractivity contribution in [3.63, 3.8) is 0 Å². The number of ether oxygens (including phenoxy) is 1. The van der Waals surface area contributed by atoms with Crippen molar-refractivity contribution in [3.8, 4) is 0 Å². The monoisotopic (exact) mass is 255 g/mol. The predicted molar refractivity (Wildman–Crippen MR) is 64.6 cm³/mol. The maximum Gasteiger partial charge on any atom is 0.256 e. The number of aliphatic hydroxyl groups is 1. The average molecular weight is 255 g/mol. The van der Waals surface area contributed by atoms with Gasteiger partial charge in [0, 0.05) is 13.7 Å². The molecule has 1 aliphatic carbocycles. The van der Waals surface area contributed by atoms with Crippen LogP contribution in [0.2, 0.25) is 0 Å². The van der Waals surface area contributed by atoms with Crippen LogP contribution in [0.15, 0.2) is 4.52 Å². The summed E-state index contributed by atoms with van der Waals surface area (Å²) in [7, 11) is 1.67. The summed E-state index contributed by atoms with van der Waals surface area (Å²) in [5.74, 6) is 1.27. The van der Waals surface area contributed by atoms with Crippen LogP contribution < -0.4 is 5.73 Å². The fraction of sp³-hybridized carbons (Fsp3) is 0.833. The number of nitrogens with zero attached hydrogens (tertiary/aromatic N) is 2. The second-order valence-electron chi connectivity index (χ2n) is 5.11. The summed E-state index contributed by atoms with van der Waals surface area (Å²) in [6.45, 7) is 2.26. The lowest BCUT2D eigenvalue weighted by Gasteiger charge is -2.36. The summed E-state index contributed by atoms with van der Waals surface area (Å²) in [6, 6.07) is 0. The number of hydrogen-bond donors (Lipinski definition) is 2. The van der Waals surface area contributed by atoms with Crippen molar-refractivity contribution in [2.75, 3.05) is 13.7 Å². The Morgan fingerprint density at radius 3 is 3.06 bits per heavy atom. The zero-order chi connectivity index (χ0) is 13.2. The minimum absolute atomic E-state index is 0.0675. The molecule has 0 spiro atoms. The van der Waals surface area contributed by atoms with Crippen molar-refractivity contribution in [2.45, 2.75) is 44.3 Å². The molecule has 1 aromatic rings. The fourth-order valence-corrected chi connectivity index (χ4v) is 2.64. The molecule has 0 saturated heterocycles. The highest BCUT2D eigenvalue weighted by Crippen LogP contribution is 2.41. The number of nitrogens with two attached hydrogens (primary N) is 1. The van der Waals surface area contributed by atoms with E-state index >= 15 is 0 Å². The largest absolute Gasteiger partial charge is 0.382 e. The van der Waals surface area contributed by atoms with E-state index in [1.807, 2.05) is 0 Å². The number of hydrogen-bond acceptors (Lipinski definition) is 6. The van der Waals surface area contributed by atoms with Crippen LogP contribution in [0.4, 0.5) is 0 Å². The summed E-state index contributed by atoms with van der Waals surface area (Å²) < 4.78 is 10.7. The molecule has 0 radical (unpaired) electrons. The van der Waals surface area contributed by atoms with Crippen LogP contribution in [0.25, 0.3) is 0 Å². The van der Waals surface area contributed by atoms with Gasteiger partial charge in [-0.15, -0.1) is 0 Å². The molecule has 3 N–H and O–H groups in total. The molecular formula is C12H21N3O3. The van der Waals surface area contributed by atoms with Gasteiger partial charge in [0.25, 0.3) is 5.89 Å². The SMILES string of the molecule is COC1(c2noc([C@@H](O)CN)n2)CCCC(C)C1. The molecule has 0 aliphatic heterocycles. The van der Waals surface area contributed by atoms with Gasteiger partial charge in [0.15, 0.2) is 0 Å². The molecule has 2 unspecified atom stereocenters. The molecule has 0 bridgehead atoms. The number of rotatable bonds is 4. The van der Waals surface area contributed by atoms with Crippen molar-refractivity contribution in [1.82, 2.24) is 10.1 Å². The lowest BCUT2D eigenvalue weighted by Crippen LogP contribution is -2.35. The van der Waals surface area contributed by atoms with E-state index in [1.54, 1.807) is 7.11 Å². The molecule has 2 rings (SSSR count). The Morgan fingerprint density at radius 1 is 1.67 bits per heavy atom. The molecule has 6 nitrogen and oxygen atoms in total. The van der Waals surface area contributed by atoms with Crippen LogP contribution in [0.1, 0.15) is 50.4 Å². The van der Waals surface area contributed by atoms with Gasteiger partial charge in [-0.05, 0) is 25.2 Å². The third kappa shape index (κ3) is 2.41. The fourth-order valence-electron chi connectivity index (χ4n) is 2.64. The van der Waals surface area contributed by atoms with Crippen LogP contribution in [-0.2, 0) is 10.3 Å². The summed E-state index contributed by atoms with van der Waals surface area (Å²) >= 11 is 0. The third-order valence-electron chi connectivity index (χ3n) is 3.70. The highest BCUT2D eigenvalue weighted by molar-refractivity contribution is 5.05. The molecule has 1 saturated carbocycles. The van der Waals surface area contributed by atoms with Crippen LogP contribution in [0.5, 0.6) is 0 Å². The normalized spacial score (nSPS) is 30.3. The first-order valence-electron chi connectivity index (χ1n) is 6.38. The van der Waals surface area contributed by atoms with Crippen LogP contribution in [-0.4, -0.2) is 28.9 Å². The van der Waals surface area contributed by atoms with Gasteiger partial charge in [0.2, 0.25) is 5.82 Å². The topological polar surface area (TPSA) is 94.4 Å². The average Bonchev–Trinajstić information content (AvgIpc) is 2.87. The summed E-state index contributed by atoms with van der Waals surface area (Å²) in [4.78, 5) is 4.25. The first-order chi connectivity index (χ1) is 8.61. The second-order valence-corrected chi connectivity index (χ2v) is 5.11. The molecule has 0 aromatic carbocycles. The van der Waals surface area contributed by atoms with Crippen LogP contribution in [0, 0.1) is 5.92 Å². The molecular weight excluding hydrogens is 234 g/mol. The zero-order valence-corrected chi connectivity index (χ0v) is 10.9. The maximum absolute atomic E-state index is 9.59. The smallest absolute Gasteiger partial charge is 0.256 e. The summed E-state index contributed by atoms with van der Waals surface area (Å²) in [5.41, 5.74) is 4.89. The molecule has 3 atom stereocenters. The number of aliphatic hydroxyl groups excluding tert-OH is 1. The van der Waals surface area contributed by atoms with E-state index in [4.69, 9.17) is 15.0 Å². The predicted octanol–water partition coefficient (Wildman–Crippen LogP) is 1.11. The quantitative estimate of drug-likeness (QED) is 0.837. The van der Waals surface area contributed by atoms with E-state index in [2.05, 4.69) is 17.1 Å². The number of methoxy groups -OCH3 is 1. The summed E-state index contributed by atoms with van der Waals surface area (Å²) in [5, 5.41) is 13.5. The van der Waals surface area contributed by atoms with Crippen molar-refractivity contribution in [1.29, 1.82) is 0 Å². The molecule has 1 fully saturated rings. The molecule has 6 heteroatoms. The van der Waals surface area contributed by atoms with Gasteiger partial charge in [-0.1, -0.05) is 18.5 Å². The molecule has 1 aromatic heterocycles. The van der Waals surface area contributed by atoms with Gasteiger partial charge < -0.3 is 20.1 Å². The minimum atomic E-state index is -0.902. The Kier molecular flexibility index (Phi) is 3.99. The van der Waals surface area contributed by atoms with E-state index in [9.17, 15) is 5.11 Å².